The fraction of sp³-hybridized carbons (Fsp3) is 0.150. The Morgan fingerprint density at radius 1 is 0.923 bits per heavy atom. The van der Waals surface area contributed by atoms with Crippen molar-refractivity contribution in [2.75, 3.05) is 19.0 Å². The Balaban J connectivity index is 1.96. The molecule has 0 spiro atoms. The molecule has 0 saturated heterocycles. The topological polar surface area (TPSA) is 67.1 Å². The van der Waals surface area contributed by atoms with Gasteiger partial charge in [-0.05, 0) is 43.3 Å². The molecule has 0 bridgehead atoms. The smallest absolute Gasteiger partial charge is 0.170 e. The van der Waals surface area contributed by atoms with Gasteiger partial charge in [0.05, 0.1) is 0 Å². The predicted octanol–water partition coefficient (Wildman–Crippen LogP) is 3.56. The maximum Gasteiger partial charge on any atom is 0.170 e. The third-order valence-electron chi connectivity index (χ3n) is 4.24. The molecule has 0 atom stereocenters. The Bertz CT molecular complexity index is 1070. The second-order valence-corrected chi connectivity index (χ2v) is 6.43. The lowest BCUT2D eigenvalue weighted by molar-refractivity contribution is 0.475. The molecule has 4 aromatic rings. The van der Waals surface area contributed by atoms with Crippen molar-refractivity contribution in [2.24, 2.45) is 0 Å². The number of phenolic OH excluding ortho intramolecular Hbond substituents is 1. The highest BCUT2D eigenvalue weighted by Crippen LogP contribution is 2.28. The van der Waals surface area contributed by atoms with Crippen LogP contribution in [0.4, 0.5) is 5.82 Å². The Kier molecular flexibility index (Phi) is 3.80. The van der Waals surface area contributed by atoms with Gasteiger partial charge in [0.2, 0.25) is 0 Å². The van der Waals surface area contributed by atoms with Gasteiger partial charge in [-0.2, -0.15) is 0 Å². The molecule has 6 nitrogen and oxygen atoms in total. The summed E-state index contributed by atoms with van der Waals surface area (Å²) in [4.78, 5) is 15.9. The molecule has 0 fully saturated rings. The second kappa shape index (κ2) is 6.15. The highest BCUT2D eigenvalue weighted by atomic mass is 16.3. The summed E-state index contributed by atoms with van der Waals surface area (Å²) in [5.41, 5.74) is 4.53. The number of nitrogens with zero attached hydrogens (tertiary/aromatic N) is 5. The van der Waals surface area contributed by atoms with E-state index < -0.39 is 0 Å². The number of rotatable bonds is 3. The molecule has 130 valence electrons. The molecule has 2 aromatic heterocycles. The molecule has 0 aliphatic heterocycles. The lowest BCUT2D eigenvalue weighted by Crippen LogP contribution is -2.12. The highest BCUT2D eigenvalue weighted by molar-refractivity contribution is 5.86. The van der Waals surface area contributed by atoms with Crippen molar-refractivity contribution in [3.05, 3.63) is 60.4 Å². The van der Waals surface area contributed by atoms with E-state index in [4.69, 9.17) is 4.98 Å². The first-order valence-corrected chi connectivity index (χ1v) is 8.32. The van der Waals surface area contributed by atoms with Gasteiger partial charge < -0.3 is 10.0 Å². The molecule has 0 radical (unpaired) electrons. The molecule has 0 aliphatic carbocycles. The van der Waals surface area contributed by atoms with Crippen molar-refractivity contribution in [1.29, 1.82) is 0 Å². The largest absolute Gasteiger partial charge is 0.508 e. The molecule has 4 rings (SSSR count). The van der Waals surface area contributed by atoms with Crippen LogP contribution in [0.15, 0.2) is 54.9 Å². The fourth-order valence-electron chi connectivity index (χ4n) is 2.83. The van der Waals surface area contributed by atoms with Crippen molar-refractivity contribution in [2.45, 2.75) is 6.92 Å². The summed E-state index contributed by atoms with van der Waals surface area (Å²) < 4.78 is 1.97. The van der Waals surface area contributed by atoms with E-state index in [0.29, 0.717) is 5.82 Å². The van der Waals surface area contributed by atoms with Crippen molar-refractivity contribution in [3.8, 4) is 22.8 Å². The first-order valence-electron chi connectivity index (χ1n) is 8.32. The SMILES string of the molecule is Cc1ccc(-n2cnc3c(N(C)C)nc(-c4ccc(O)cc4)nc32)cc1. The van der Waals surface area contributed by atoms with Gasteiger partial charge in [0, 0.05) is 25.3 Å². The third kappa shape index (κ3) is 2.75. The van der Waals surface area contributed by atoms with Gasteiger partial charge in [-0.1, -0.05) is 17.7 Å². The van der Waals surface area contributed by atoms with Gasteiger partial charge in [0.25, 0.3) is 0 Å². The number of aromatic nitrogens is 4. The lowest BCUT2D eigenvalue weighted by Gasteiger charge is -2.14. The van der Waals surface area contributed by atoms with Crippen LogP contribution in [0.3, 0.4) is 0 Å². The van der Waals surface area contributed by atoms with Crippen LogP contribution < -0.4 is 4.90 Å². The molecule has 6 heteroatoms. The van der Waals surface area contributed by atoms with Crippen LogP contribution in [-0.4, -0.2) is 38.7 Å². The number of imidazole rings is 1. The summed E-state index contributed by atoms with van der Waals surface area (Å²) >= 11 is 0. The number of anilines is 1. The normalized spacial score (nSPS) is 11.0. The van der Waals surface area contributed by atoms with Crippen LogP contribution >= 0.6 is 0 Å². The Morgan fingerprint density at radius 3 is 2.27 bits per heavy atom. The minimum Gasteiger partial charge on any atom is -0.508 e. The lowest BCUT2D eigenvalue weighted by atomic mass is 10.2. The highest BCUT2D eigenvalue weighted by Gasteiger charge is 2.16. The number of benzene rings is 2. The van der Waals surface area contributed by atoms with Crippen LogP contribution in [0.1, 0.15) is 5.56 Å². The quantitative estimate of drug-likeness (QED) is 0.615. The van der Waals surface area contributed by atoms with Crippen molar-refractivity contribution < 1.29 is 5.11 Å². The monoisotopic (exact) mass is 345 g/mol. The van der Waals surface area contributed by atoms with Gasteiger partial charge in [0.1, 0.15) is 12.1 Å². The minimum absolute atomic E-state index is 0.215. The zero-order valence-corrected chi connectivity index (χ0v) is 14.9. The average Bonchev–Trinajstić information content (AvgIpc) is 3.06. The molecular formula is C20H19N5O. The molecule has 1 N–H and O–H groups in total. The summed E-state index contributed by atoms with van der Waals surface area (Å²) in [5.74, 6) is 1.56. The van der Waals surface area contributed by atoms with E-state index in [1.165, 1.54) is 5.56 Å². The van der Waals surface area contributed by atoms with Crippen LogP contribution in [0.25, 0.3) is 28.2 Å². The minimum atomic E-state index is 0.215. The number of hydrogen-bond donors (Lipinski definition) is 1. The number of aryl methyl sites for hydroxylation is 1. The summed E-state index contributed by atoms with van der Waals surface area (Å²) in [6, 6.07) is 15.1. The maximum absolute atomic E-state index is 9.54. The second-order valence-electron chi connectivity index (χ2n) is 6.43. The van der Waals surface area contributed by atoms with E-state index >= 15 is 0 Å². The predicted molar refractivity (Wildman–Crippen MR) is 103 cm³/mol. The van der Waals surface area contributed by atoms with Crippen LogP contribution in [-0.2, 0) is 0 Å². The number of hydrogen-bond acceptors (Lipinski definition) is 5. The van der Waals surface area contributed by atoms with E-state index in [1.54, 1.807) is 18.5 Å². The molecule has 0 saturated carbocycles. The zero-order chi connectivity index (χ0) is 18.3. The Labute approximate surface area is 151 Å². The van der Waals surface area contributed by atoms with Gasteiger partial charge in [0.15, 0.2) is 22.8 Å². The summed E-state index contributed by atoms with van der Waals surface area (Å²) in [6.45, 7) is 2.06. The average molecular weight is 345 g/mol. The number of fused-ring (bicyclic) bond motifs is 1. The molecular weight excluding hydrogens is 326 g/mol. The van der Waals surface area contributed by atoms with Crippen molar-refractivity contribution >= 4 is 17.0 Å². The first-order chi connectivity index (χ1) is 12.5. The van der Waals surface area contributed by atoms with Crippen LogP contribution in [0.2, 0.25) is 0 Å². The van der Waals surface area contributed by atoms with E-state index in [9.17, 15) is 5.11 Å². The number of aromatic hydroxyl groups is 1. The molecule has 0 unspecified atom stereocenters. The van der Waals surface area contributed by atoms with Gasteiger partial charge in [-0.3, -0.25) is 4.57 Å². The van der Waals surface area contributed by atoms with Crippen LogP contribution in [0, 0.1) is 6.92 Å². The first kappa shape index (κ1) is 16.1. The standard InChI is InChI=1S/C20H19N5O/c1-13-4-8-15(9-5-13)25-12-21-17-19(24(2)3)22-18(23-20(17)25)14-6-10-16(26)11-7-14/h4-12,26H,1-3H3. The third-order valence-corrected chi connectivity index (χ3v) is 4.24. The zero-order valence-electron chi connectivity index (χ0n) is 14.9. The van der Waals surface area contributed by atoms with Gasteiger partial charge in [-0.25, -0.2) is 15.0 Å². The van der Waals surface area contributed by atoms with Crippen LogP contribution in [0.5, 0.6) is 5.75 Å². The summed E-state index contributed by atoms with van der Waals surface area (Å²) in [7, 11) is 3.88. The molecule has 0 amide bonds. The Morgan fingerprint density at radius 2 is 1.62 bits per heavy atom. The van der Waals surface area contributed by atoms with E-state index in [0.717, 1.165) is 28.2 Å². The maximum atomic E-state index is 9.54. The molecule has 26 heavy (non-hydrogen) atoms. The molecule has 2 heterocycles. The summed E-state index contributed by atoms with van der Waals surface area (Å²) in [5, 5.41) is 9.54. The number of phenols is 1. The van der Waals surface area contributed by atoms with Crippen molar-refractivity contribution in [3.63, 3.8) is 0 Å². The summed E-state index contributed by atoms with van der Waals surface area (Å²) in [6.07, 6.45) is 1.78. The van der Waals surface area contributed by atoms with E-state index in [2.05, 4.69) is 29.0 Å². The van der Waals surface area contributed by atoms with Gasteiger partial charge >= 0.3 is 0 Å². The Hall–Kier alpha value is -3.41. The van der Waals surface area contributed by atoms with E-state index in [-0.39, 0.29) is 5.75 Å². The van der Waals surface area contributed by atoms with Gasteiger partial charge in [-0.15, -0.1) is 0 Å². The molecule has 2 aromatic carbocycles. The molecule has 0 aliphatic rings. The van der Waals surface area contributed by atoms with Crippen molar-refractivity contribution in [1.82, 2.24) is 19.5 Å². The van der Waals surface area contributed by atoms with E-state index in [1.807, 2.05) is 47.8 Å². The fourth-order valence-corrected chi connectivity index (χ4v) is 2.83.